The molecule has 0 rings (SSSR count). The summed E-state index contributed by atoms with van der Waals surface area (Å²) in [7, 11) is 3.89. The average molecular weight is 218 g/mol. The van der Waals surface area contributed by atoms with E-state index in [4.69, 9.17) is 9.84 Å². The highest BCUT2D eigenvalue weighted by atomic mass is 16.5. The summed E-state index contributed by atoms with van der Waals surface area (Å²) in [5.41, 5.74) is 0.0841. The molecule has 0 aromatic rings. The minimum absolute atomic E-state index is 0.0841. The van der Waals surface area contributed by atoms with Gasteiger partial charge in [-0.3, -0.25) is 0 Å². The van der Waals surface area contributed by atoms with E-state index in [1.54, 1.807) is 0 Å². The molecule has 0 fully saturated rings. The third-order valence-corrected chi connectivity index (χ3v) is 2.50. The summed E-state index contributed by atoms with van der Waals surface area (Å²) in [4.78, 5) is 0. The standard InChI is InChI=1S/C11H26N2O2/c1-11(2,13-4)8-10(9-12-3)15-7-5-6-14/h10,12-14H,5-9H2,1-4H3/t10-/m0/s1. The summed E-state index contributed by atoms with van der Waals surface area (Å²) in [5.74, 6) is 0. The van der Waals surface area contributed by atoms with Gasteiger partial charge in [0.15, 0.2) is 0 Å². The molecule has 0 aliphatic carbocycles. The molecule has 0 bridgehead atoms. The van der Waals surface area contributed by atoms with Gasteiger partial charge in [0.1, 0.15) is 0 Å². The van der Waals surface area contributed by atoms with Gasteiger partial charge in [-0.25, -0.2) is 0 Å². The van der Waals surface area contributed by atoms with Crippen LogP contribution in [0.3, 0.4) is 0 Å². The average Bonchev–Trinajstić information content (AvgIpc) is 2.18. The van der Waals surface area contributed by atoms with Crippen LogP contribution in [-0.2, 0) is 4.74 Å². The number of ether oxygens (including phenoxy) is 1. The van der Waals surface area contributed by atoms with Crippen LogP contribution in [0.2, 0.25) is 0 Å². The first-order valence-corrected chi connectivity index (χ1v) is 5.61. The fourth-order valence-electron chi connectivity index (χ4n) is 1.40. The van der Waals surface area contributed by atoms with Crippen LogP contribution in [0.4, 0.5) is 0 Å². The third-order valence-electron chi connectivity index (χ3n) is 2.50. The van der Waals surface area contributed by atoms with Gasteiger partial charge < -0.3 is 20.5 Å². The number of likely N-dealkylation sites (N-methyl/N-ethyl adjacent to an activating group) is 1. The molecule has 0 aromatic carbocycles. The summed E-state index contributed by atoms with van der Waals surface area (Å²) in [6.07, 6.45) is 1.86. The lowest BCUT2D eigenvalue weighted by Crippen LogP contribution is -2.42. The van der Waals surface area contributed by atoms with Crippen molar-refractivity contribution in [2.24, 2.45) is 0 Å². The zero-order chi connectivity index (χ0) is 11.7. The Morgan fingerprint density at radius 3 is 2.47 bits per heavy atom. The Hall–Kier alpha value is -0.160. The maximum Gasteiger partial charge on any atom is 0.0716 e. The molecule has 92 valence electrons. The van der Waals surface area contributed by atoms with Crippen molar-refractivity contribution < 1.29 is 9.84 Å². The molecule has 0 aliphatic heterocycles. The molecule has 0 saturated heterocycles. The first kappa shape index (κ1) is 14.8. The highest BCUT2D eigenvalue weighted by Gasteiger charge is 2.21. The number of nitrogens with one attached hydrogen (secondary N) is 2. The van der Waals surface area contributed by atoms with Gasteiger partial charge in [0.05, 0.1) is 6.10 Å². The van der Waals surface area contributed by atoms with Crippen molar-refractivity contribution in [2.45, 2.75) is 38.3 Å². The zero-order valence-electron chi connectivity index (χ0n) is 10.5. The van der Waals surface area contributed by atoms with Gasteiger partial charge >= 0.3 is 0 Å². The van der Waals surface area contributed by atoms with Crippen molar-refractivity contribution in [3.8, 4) is 0 Å². The van der Waals surface area contributed by atoms with Gasteiger partial charge in [0, 0.05) is 25.3 Å². The van der Waals surface area contributed by atoms with Crippen molar-refractivity contribution in [3.63, 3.8) is 0 Å². The van der Waals surface area contributed by atoms with Crippen LogP contribution in [0.25, 0.3) is 0 Å². The quantitative estimate of drug-likeness (QED) is 0.489. The van der Waals surface area contributed by atoms with Crippen LogP contribution in [0.5, 0.6) is 0 Å². The molecule has 1 atom stereocenters. The molecule has 0 amide bonds. The van der Waals surface area contributed by atoms with Crippen LogP contribution < -0.4 is 10.6 Å². The van der Waals surface area contributed by atoms with Crippen molar-refractivity contribution in [3.05, 3.63) is 0 Å². The molecular weight excluding hydrogens is 192 g/mol. The topological polar surface area (TPSA) is 53.5 Å². The van der Waals surface area contributed by atoms with Crippen molar-refractivity contribution in [2.75, 3.05) is 33.9 Å². The van der Waals surface area contributed by atoms with E-state index >= 15 is 0 Å². The number of aliphatic hydroxyl groups is 1. The second-order valence-corrected chi connectivity index (χ2v) is 4.47. The number of hydrogen-bond acceptors (Lipinski definition) is 4. The summed E-state index contributed by atoms with van der Waals surface area (Å²) in [5, 5.41) is 15.1. The van der Waals surface area contributed by atoms with E-state index in [0.717, 1.165) is 13.0 Å². The van der Waals surface area contributed by atoms with E-state index in [9.17, 15) is 0 Å². The first-order chi connectivity index (χ1) is 7.05. The Kier molecular flexibility index (Phi) is 7.96. The second-order valence-electron chi connectivity index (χ2n) is 4.47. The molecule has 0 saturated carbocycles. The van der Waals surface area contributed by atoms with E-state index in [0.29, 0.717) is 13.0 Å². The summed E-state index contributed by atoms with van der Waals surface area (Å²) in [6, 6.07) is 0. The molecule has 0 heterocycles. The van der Waals surface area contributed by atoms with E-state index in [1.807, 2.05) is 14.1 Å². The Bertz CT molecular complexity index is 152. The molecule has 0 aliphatic rings. The van der Waals surface area contributed by atoms with Crippen molar-refractivity contribution in [1.29, 1.82) is 0 Å². The number of hydrogen-bond donors (Lipinski definition) is 3. The maximum atomic E-state index is 8.68. The normalized spacial score (nSPS) is 14.2. The molecule has 0 spiro atoms. The molecule has 0 radical (unpaired) electrons. The van der Waals surface area contributed by atoms with Crippen LogP contribution in [0.15, 0.2) is 0 Å². The fraction of sp³-hybridized carbons (Fsp3) is 1.00. The third kappa shape index (κ3) is 7.73. The van der Waals surface area contributed by atoms with Gasteiger partial charge in [-0.1, -0.05) is 0 Å². The molecule has 15 heavy (non-hydrogen) atoms. The van der Waals surface area contributed by atoms with Gasteiger partial charge in [-0.2, -0.15) is 0 Å². The smallest absolute Gasteiger partial charge is 0.0716 e. The van der Waals surface area contributed by atoms with E-state index in [1.165, 1.54) is 0 Å². The molecule has 4 heteroatoms. The molecule has 0 unspecified atom stereocenters. The van der Waals surface area contributed by atoms with Gasteiger partial charge in [0.2, 0.25) is 0 Å². The predicted octanol–water partition coefficient (Wildman–Crippen LogP) is 0.361. The minimum Gasteiger partial charge on any atom is -0.396 e. The first-order valence-electron chi connectivity index (χ1n) is 5.61. The summed E-state index contributed by atoms with van der Waals surface area (Å²) < 4.78 is 5.70. The lowest BCUT2D eigenvalue weighted by Gasteiger charge is -2.29. The highest BCUT2D eigenvalue weighted by molar-refractivity contribution is 4.80. The molecule has 0 aromatic heterocycles. The predicted molar refractivity (Wildman–Crippen MR) is 63.1 cm³/mol. The van der Waals surface area contributed by atoms with Crippen LogP contribution in [0, 0.1) is 0 Å². The van der Waals surface area contributed by atoms with Crippen LogP contribution >= 0.6 is 0 Å². The van der Waals surface area contributed by atoms with Gasteiger partial charge in [0.25, 0.3) is 0 Å². The van der Waals surface area contributed by atoms with Crippen molar-refractivity contribution in [1.82, 2.24) is 10.6 Å². The van der Waals surface area contributed by atoms with Crippen LogP contribution in [0.1, 0.15) is 26.7 Å². The Morgan fingerprint density at radius 2 is 2.00 bits per heavy atom. The minimum atomic E-state index is 0.0841. The van der Waals surface area contributed by atoms with Crippen LogP contribution in [-0.4, -0.2) is 50.6 Å². The Balaban J connectivity index is 3.91. The molecule has 4 nitrogen and oxygen atoms in total. The lowest BCUT2D eigenvalue weighted by atomic mass is 9.97. The molecular formula is C11H26N2O2. The van der Waals surface area contributed by atoms with Gasteiger partial charge in [-0.05, 0) is 40.8 Å². The van der Waals surface area contributed by atoms with E-state index < -0.39 is 0 Å². The largest absolute Gasteiger partial charge is 0.396 e. The lowest BCUT2D eigenvalue weighted by molar-refractivity contribution is 0.0260. The Labute approximate surface area is 93.4 Å². The SMILES string of the molecule is CNC[C@H](CC(C)(C)NC)OCCCO. The number of aliphatic hydroxyl groups excluding tert-OH is 1. The summed E-state index contributed by atoms with van der Waals surface area (Å²) in [6.45, 7) is 5.98. The monoisotopic (exact) mass is 218 g/mol. The second kappa shape index (κ2) is 8.05. The molecule has 3 N–H and O–H groups in total. The van der Waals surface area contributed by atoms with Crippen molar-refractivity contribution >= 4 is 0 Å². The highest BCUT2D eigenvalue weighted by Crippen LogP contribution is 2.13. The zero-order valence-corrected chi connectivity index (χ0v) is 10.5. The van der Waals surface area contributed by atoms with E-state index in [-0.39, 0.29) is 18.2 Å². The van der Waals surface area contributed by atoms with E-state index in [2.05, 4.69) is 24.5 Å². The Morgan fingerprint density at radius 1 is 1.33 bits per heavy atom. The summed E-state index contributed by atoms with van der Waals surface area (Å²) >= 11 is 0. The fourth-order valence-corrected chi connectivity index (χ4v) is 1.40. The maximum absolute atomic E-state index is 8.68. The number of rotatable bonds is 9. The van der Waals surface area contributed by atoms with Gasteiger partial charge in [-0.15, -0.1) is 0 Å².